The first-order chi connectivity index (χ1) is 4.74. The van der Waals surface area contributed by atoms with Crippen molar-refractivity contribution in [3.63, 3.8) is 0 Å². The third-order valence-corrected chi connectivity index (χ3v) is 2.31. The smallest absolute Gasteiger partial charge is 0.110 e. The van der Waals surface area contributed by atoms with E-state index in [1.165, 1.54) is 11.3 Å². The maximum Gasteiger partial charge on any atom is 0.110 e. The summed E-state index contributed by atoms with van der Waals surface area (Å²) in [4.78, 5) is 1.49. The molecule has 1 aromatic heterocycles. The summed E-state index contributed by atoms with van der Waals surface area (Å²) in [6.45, 7) is 1.69. The van der Waals surface area contributed by atoms with Crippen LogP contribution in [0.4, 0.5) is 0 Å². The SMILES string of the molecule is C[C@H](O)c1ccc(C#N)s1. The van der Waals surface area contributed by atoms with Gasteiger partial charge in [0.1, 0.15) is 10.9 Å². The van der Waals surface area contributed by atoms with Crippen LogP contribution in [0.5, 0.6) is 0 Å². The molecule has 0 aromatic carbocycles. The molecule has 0 bridgehead atoms. The van der Waals surface area contributed by atoms with Crippen LogP contribution in [0.2, 0.25) is 0 Å². The number of aliphatic hydroxyl groups excluding tert-OH is 1. The second-order valence-corrected chi connectivity index (χ2v) is 3.11. The summed E-state index contributed by atoms with van der Waals surface area (Å²) in [7, 11) is 0. The molecular weight excluding hydrogens is 146 g/mol. The van der Waals surface area contributed by atoms with E-state index in [2.05, 4.69) is 0 Å². The zero-order chi connectivity index (χ0) is 7.56. The van der Waals surface area contributed by atoms with Crippen molar-refractivity contribution >= 4 is 11.3 Å². The monoisotopic (exact) mass is 153 g/mol. The minimum atomic E-state index is -0.452. The number of nitrogens with zero attached hydrogens (tertiary/aromatic N) is 1. The summed E-state index contributed by atoms with van der Waals surface area (Å²) in [6.07, 6.45) is -0.452. The molecule has 0 amide bonds. The Hall–Kier alpha value is -0.850. The fraction of sp³-hybridized carbons (Fsp3) is 0.286. The molecule has 2 nitrogen and oxygen atoms in total. The van der Waals surface area contributed by atoms with Gasteiger partial charge >= 0.3 is 0 Å². The zero-order valence-corrected chi connectivity index (χ0v) is 6.35. The molecule has 0 unspecified atom stereocenters. The maximum atomic E-state index is 9.03. The minimum absolute atomic E-state index is 0.452. The first-order valence-corrected chi connectivity index (χ1v) is 3.73. The Bertz CT molecular complexity index is 259. The number of thiophene rings is 1. The number of hydrogen-bond donors (Lipinski definition) is 1. The van der Waals surface area contributed by atoms with Gasteiger partial charge in [-0.2, -0.15) is 5.26 Å². The summed E-state index contributed by atoms with van der Waals surface area (Å²) in [5, 5.41) is 17.4. The molecule has 0 saturated heterocycles. The van der Waals surface area contributed by atoms with Gasteiger partial charge in [-0.15, -0.1) is 11.3 Å². The molecule has 1 atom stereocenters. The second-order valence-electron chi connectivity index (χ2n) is 1.99. The lowest BCUT2D eigenvalue weighted by Crippen LogP contribution is -1.83. The average molecular weight is 153 g/mol. The van der Waals surface area contributed by atoms with Gasteiger partial charge in [-0.3, -0.25) is 0 Å². The van der Waals surface area contributed by atoms with Crippen LogP contribution in [0.1, 0.15) is 22.8 Å². The lowest BCUT2D eigenvalue weighted by Gasteiger charge is -1.95. The predicted molar refractivity (Wildman–Crippen MR) is 39.7 cm³/mol. The lowest BCUT2D eigenvalue weighted by molar-refractivity contribution is 0.203. The van der Waals surface area contributed by atoms with Gasteiger partial charge in [-0.1, -0.05) is 0 Å². The number of rotatable bonds is 1. The van der Waals surface area contributed by atoms with Gasteiger partial charge in [0.25, 0.3) is 0 Å². The Balaban J connectivity index is 2.91. The molecule has 0 saturated carbocycles. The summed E-state index contributed by atoms with van der Waals surface area (Å²) >= 11 is 1.33. The minimum Gasteiger partial charge on any atom is -0.388 e. The molecule has 0 aliphatic carbocycles. The van der Waals surface area contributed by atoms with Crippen LogP contribution in [0, 0.1) is 11.3 Å². The topological polar surface area (TPSA) is 44.0 Å². The van der Waals surface area contributed by atoms with E-state index >= 15 is 0 Å². The van der Waals surface area contributed by atoms with E-state index in [0.29, 0.717) is 4.88 Å². The van der Waals surface area contributed by atoms with Crippen LogP contribution < -0.4 is 0 Å². The third-order valence-electron chi connectivity index (χ3n) is 1.15. The molecule has 3 heteroatoms. The summed E-state index contributed by atoms with van der Waals surface area (Å²) < 4.78 is 0. The Morgan fingerprint density at radius 1 is 1.70 bits per heavy atom. The summed E-state index contributed by atoms with van der Waals surface area (Å²) in [6, 6.07) is 5.50. The van der Waals surface area contributed by atoms with Crippen LogP contribution in [0.3, 0.4) is 0 Å². The van der Waals surface area contributed by atoms with Crippen molar-refractivity contribution < 1.29 is 5.11 Å². The average Bonchev–Trinajstić information content (AvgIpc) is 2.34. The van der Waals surface area contributed by atoms with Gasteiger partial charge in [0.2, 0.25) is 0 Å². The maximum absolute atomic E-state index is 9.03. The molecule has 1 heterocycles. The molecule has 1 aromatic rings. The van der Waals surface area contributed by atoms with E-state index < -0.39 is 6.10 Å². The highest BCUT2D eigenvalue weighted by Gasteiger charge is 2.03. The van der Waals surface area contributed by atoms with Crippen LogP contribution in [0.15, 0.2) is 12.1 Å². The van der Waals surface area contributed by atoms with Crippen LogP contribution in [0.25, 0.3) is 0 Å². The van der Waals surface area contributed by atoms with Gasteiger partial charge < -0.3 is 5.11 Å². The first-order valence-electron chi connectivity index (χ1n) is 2.92. The van der Waals surface area contributed by atoms with E-state index in [-0.39, 0.29) is 0 Å². The molecule has 0 radical (unpaired) electrons. The number of hydrogen-bond acceptors (Lipinski definition) is 3. The van der Waals surface area contributed by atoms with Gasteiger partial charge in [-0.25, -0.2) is 0 Å². The largest absolute Gasteiger partial charge is 0.388 e. The van der Waals surface area contributed by atoms with E-state index in [0.717, 1.165) is 4.88 Å². The zero-order valence-electron chi connectivity index (χ0n) is 5.53. The third kappa shape index (κ3) is 1.35. The van der Waals surface area contributed by atoms with Crippen LogP contribution >= 0.6 is 11.3 Å². The summed E-state index contributed by atoms with van der Waals surface area (Å²) in [5.74, 6) is 0. The van der Waals surface area contributed by atoms with Gasteiger partial charge in [0.15, 0.2) is 0 Å². The molecule has 0 spiro atoms. The Morgan fingerprint density at radius 3 is 2.70 bits per heavy atom. The predicted octanol–water partition coefficient (Wildman–Crippen LogP) is 1.67. The van der Waals surface area contributed by atoms with Crippen LogP contribution in [-0.2, 0) is 0 Å². The van der Waals surface area contributed by atoms with Crippen LogP contribution in [-0.4, -0.2) is 5.11 Å². The van der Waals surface area contributed by atoms with Crippen molar-refractivity contribution in [1.29, 1.82) is 5.26 Å². The van der Waals surface area contributed by atoms with Gasteiger partial charge in [0.05, 0.1) is 6.10 Å². The number of nitriles is 1. The second kappa shape index (κ2) is 2.82. The molecule has 0 aliphatic heterocycles. The van der Waals surface area contributed by atoms with Crippen molar-refractivity contribution in [2.45, 2.75) is 13.0 Å². The molecule has 0 aliphatic rings. The highest BCUT2D eigenvalue weighted by atomic mass is 32.1. The highest BCUT2D eigenvalue weighted by molar-refractivity contribution is 7.12. The quantitative estimate of drug-likeness (QED) is 0.667. The molecule has 10 heavy (non-hydrogen) atoms. The van der Waals surface area contributed by atoms with Crippen molar-refractivity contribution in [2.75, 3.05) is 0 Å². The Morgan fingerprint density at radius 2 is 2.40 bits per heavy atom. The Kier molecular flexibility index (Phi) is 2.05. The van der Waals surface area contributed by atoms with Crippen molar-refractivity contribution in [3.05, 3.63) is 21.9 Å². The molecule has 52 valence electrons. The fourth-order valence-electron chi connectivity index (χ4n) is 0.637. The van der Waals surface area contributed by atoms with E-state index in [9.17, 15) is 0 Å². The molecular formula is C7H7NOS. The molecule has 0 fully saturated rings. The highest BCUT2D eigenvalue weighted by Crippen LogP contribution is 2.21. The van der Waals surface area contributed by atoms with Crippen molar-refractivity contribution in [3.8, 4) is 6.07 Å². The summed E-state index contributed by atoms with van der Waals surface area (Å²) in [5.41, 5.74) is 0. The lowest BCUT2D eigenvalue weighted by atomic mass is 10.3. The van der Waals surface area contributed by atoms with E-state index in [4.69, 9.17) is 10.4 Å². The fourth-order valence-corrected chi connectivity index (χ4v) is 1.38. The van der Waals surface area contributed by atoms with E-state index in [1.54, 1.807) is 19.1 Å². The van der Waals surface area contributed by atoms with Crippen molar-refractivity contribution in [2.24, 2.45) is 0 Å². The molecule has 1 N–H and O–H groups in total. The standard InChI is InChI=1S/C7H7NOS/c1-5(9)7-3-2-6(4-8)10-7/h2-3,5,9H,1H3/t5-/m0/s1. The van der Waals surface area contributed by atoms with E-state index in [1.807, 2.05) is 6.07 Å². The normalized spacial score (nSPS) is 12.5. The van der Waals surface area contributed by atoms with Gasteiger partial charge in [-0.05, 0) is 19.1 Å². The molecule has 1 rings (SSSR count). The first kappa shape index (κ1) is 7.26. The Labute approximate surface area is 63.4 Å². The van der Waals surface area contributed by atoms with Gasteiger partial charge in [0, 0.05) is 4.88 Å². The van der Waals surface area contributed by atoms with Crippen molar-refractivity contribution in [1.82, 2.24) is 0 Å². The number of aliphatic hydroxyl groups is 1.